The molecule has 1 aromatic carbocycles. The first-order chi connectivity index (χ1) is 17.0. The number of ether oxygens (including phenoxy) is 1. The van der Waals surface area contributed by atoms with E-state index in [4.69, 9.17) is 4.74 Å². The minimum atomic E-state index is 0.126. The monoisotopic (exact) mass is 482 g/mol. The predicted molar refractivity (Wildman–Crippen MR) is 138 cm³/mol. The van der Waals surface area contributed by atoms with Crippen molar-refractivity contribution in [3.63, 3.8) is 0 Å². The van der Waals surface area contributed by atoms with Crippen LogP contribution >= 0.6 is 0 Å². The maximum absolute atomic E-state index is 13.3. The second-order valence-electron chi connectivity index (χ2n) is 10.5. The molecular weight excluding hydrogens is 440 g/mol. The number of nitrogens with zero attached hydrogens (tertiary/aromatic N) is 3. The summed E-state index contributed by atoms with van der Waals surface area (Å²) in [6.07, 6.45) is 8.13. The summed E-state index contributed by atoms with van der Waals surface area (Å²) in [6.45, 7) is 11.2. The van der Waals surface area contributed by atoms with Crippen molar-refractivity contribution in [2.75, 3.05) is 52.4 Å². The average Bonchev–Trinajstić information content (AvgIpc) is 3.36. The zero-order valence-corrected chi connectivity index (χ0v) is 21.5. The Labute approximate surface area is 210 Å². The Hall–Kier alpha value is -2.38. The molecule has 192 valence electrons. The molecule has 0 aromatic heterocycles. The number of amides is 2. The lowest BCUT2D eigenvalue weighted by molar-refractivity contribution is -0.135. The Balaban J connectivity index is 1.41. The average molecular weight is 483 g/mol. The molecule has 3 aliphatic heterocycles. The van der Waals surface area contributed by atoms with E-state index in [1.54, 1.807) is 0 Å². The summed E-state index contributed by atoms with van der Waals surface area (Å²) < 4.78 is 6.12. The third-order valence-corrected chi connectivity index (χ3v) is 7.69. The first-order valence-electron chi connectivity index (χ1n) is 13.4. The van der Waals surface area contributed by atoms with Crippen molar-refractivity contribution in [3.05, 3.63) is 42.0 Å². The number of carbonyl (C=O) groups excluding carboxylic acids is 2. The zero-order chi connectivity index (χ0) is 24.6. The summed E-state index contributed by atoms with van der Waals surface area (Å²) in [5.74, 6) is 1.56. The largest absolute Gasteiger partial charge is 0.489 e. The molecule has 2 atom stereocenters. The minimum absolute atomic E-state index is 0.126. The Morgan fingerprint density at radius 3 is 2.74 bits per heavy atom. The highest BCUT2D eigenvalue weighted by atomic mass is 16.5. The first kappa shape index (κ1) is 25.7. The van der Waals surface area contributed by atoms with Crippen molar-refractivity contribution >= 4 is 11.8 Å². The van der Waals surface area contributed by atoms with Gasteiger partial charge in [0.05, 0.1) is 6.54 Å². The van der Waals surface area contributed by atoms with Crippen LogP contribution in [-0.2, 0) is 16.1 Å². The summed E-state index contributed by atoms with van der Waals surface area (Å²) in [7, 11) is 0. The fourth-order valence-corrected chi connectivity index (χ4v) is 5.46. The number of fused-ring (bicyclic) bond motifs is 3. The molecule has 0 spiro atoms. The molecule has 2 saturated heterocycles. The van der Waals surface area contributed by atoms with Gasteiger partial charge in [-0.1, -0.05) is 30.4 Å². The third-order valence-electron chi connectivity index (χ3n) is 7.69. The van der Waals surface area contributed by atoms with Crippen LogP contribution in [0.2, 0.25) is 0 Å². The molecule has 3 aliphatic rings. The van der Waals surface area contributed by atoms with Gasteiger partial charge in [0, 0.05) is 50.7 Å². The molecule has 0 unspecified atom stereocenters. The molecule has 2 bridgehead atoms. The van der Waals surface area contributed by atoms with E-state index in [-0.39, 0.29) is 29.7 Å². The first-order valence-corrected chi connectivity index (χ1v) is 13.4. The van der Waals surface area contributed by atoms with E-state index in [0.29, 0.717) is 39.2 Å². The van der Waals surface area contributed by atoms with Crippen LogP contribution in [0.5, 0.6) is 5.75 Å². The fraction of sp³-hybridized carbons (Fsp3) is 0.643. The molecule has 7 heteroatoms. The van der Waals surface area contributed by atoms with E-state index >= 15 is 0 Å². The van der Waals surface area contributed by atoms with Crippen LogP contribution in [0.15, 0.2) is 36.4 Å². The number of nitrogens with one attached hydrogen (secondary N) is 1. The smallest absolute Gasteiger partial charge is 0.236 e. The van der Waals surface area contributed by atoms with E-state index in [1.165, 1.54) is 12.8 Å². The van der Waals surface area contributed by atoms with E-state index in [0.717, 1.165) is 43.9 Å². The molecule has 0 radical (unpaired) electrons. The fourth-order valence-electron chi connectivity index (χ4n) is 5.46. The summed E-state index contributed by atoms with van der Waals surface area (Å²) in [5, 5.41) is 3.13. The highest BCUT2D eigenvalue weighted by Crippen LogP contribution is 2.29. The summed E-state index contributed by atoms with van der Waals surface area (Å²) >= 11 is 0. The van der Waals surface area contributed by atoms with Crippen LogP contribution in [0.3, 0.4) is 0 Å². The SMILES string of the molecule is CC(C)N1CC(=O)N2CC[C@@H](CC(=O)NCCN3CCCC3)[C@@H](/C=C/COc3ccccc3C1)C2. The number of piperidine rings is 1. The Morgan fingerprint density at radius 2 is 1.94 bits per heavy atom. The Morgan fingerprint density at radius 1 is 1.14 bits per heavy atom. The summed E-state index contributed by atoms with van der Waals surface area (Å²) in [4.78, 5) is 32.6. The quantitative estimate of drug-likeness (QED) is 0.632. The second kappa shape index (κ2) is 12.5. The van der Waals surface area contributed by atoms with Crippen molar-refractivity contribution in [2.45, 2.75) is 52.1 Å². The van der Waals surface area contributed by atoms with Crippen molar-refractivity contribution in [1.29, 1.82) is 0 Å². The maximum atomic E-state index is 13.3. The van der Waals surface area contributed by atoms with Crippen LogP contribution in [0.4, 0.5) is 0 Å². The van der Waals surface area contributed by atoms with Gasteiger partial charge >= 0.3 is 0 Å². The zero-order valence-electron chi connectivity index (χ0n) is 21.5. The molecule has 1 aromatic rings. The van der Waals surface area contributed by atoms with Gasteiger partial charge in [0.25, 0.3) is 0 Å². The summed E-state index contributed by atoms with van der Waals surface area (Å²) in [6, 6.07) is 8.33. The van der Waals surface area contributed by atoms with Crippen molar-refractivity contribution < 1.29 is 14.3 Å². The van der Waals surface area contributed by atoms with Gasteiger partial charge in [-0.2, -0.15) is 0 Å². The number of para-hydroxylation sites is 1. The van der Waals surface area contributed by atoms with Crippen molar-refractivity contribution in [1.82, 2.24) is 20.0 Å². The van der Waals surface area contributed by atoms with Crippen LogP contribution < -0.4 is 10.1 Å². The topological polar surface area (TPSA) is 65.1 Å². The molecule has 3 heterocycles. The van der Waals surface area contributed by atoms with Crippen LogP contribution in [0.1, 0.15) is 45.1 Å². The van der Waals surface area contributed by atoms with Crippen LogP contribution in [0.25, 0.3) is 0 Å². The number of rotatable bonds is 6. The lowest BCUT2D eigenvalue weighted by Gasteiger charge is -2.38. The van der Waals surface area contributed by atoms with Crippen LogP contribution in [0, 0.1) is 11.8 Å². The lowest BCUT2D eigenvalue weighted by atomic mass is 9.82. The molecule has 4 rings (SSSR count). The van der Waals surface area contributed by atoms with E-state index in [1.807, 2.05) is 23.1 Å². The molecular formula is C28H42N4O3. The van der Waals surface area contributed by atoms with Gasteiger partial charge in [0.15, 0.2) is 0 Å². The number of carbonyl (C=O) groups is 2. The Kier molecular flexibility index (Phi) is 9.21. The van der Waals surface area contributed by atoms with E-state index in [2.05, 4.69) is 47.2 Å². The van der Waals surface area contributed by atoms with Gasteiger partial charge in [0.2, 0.25) is 11.8 Å². The molecule has 35 heavy (non-hydrogen) atoms. The number of benzene rings is 1. The van der Waals surface area contributed by atoms with E-state index in [9.17, 15) is 9.59 Å². The number of hydrogen-bond donors (Lipinski definition) is 1. The van der Waals surface area contributed by atoms with Gasteiger partial charge in [-0.15, -0.1) is 0 Å². The highest BCUT2D eigenvalue weighted by Gasteiger charge is 2.32. The maximum Gasteiger partial charge on any atom is 0.236 e. The van der Waals surface area contributed by atoms with Crippen molar-refractivity contribution in [2.24, 2.45) is 11.8 Å². The van der Waals surface area contributed by atoms with Gasteiger partial charge in [-0.25, -0.2) is 0 Å². The third kappa shape index (κ3) is 7.31. The minimum Gasteiger partial charge on any atom is -0.489 e. The molecule has 2 amide bonds. The second-order valence-corrected chi connectivity index (χ2v) is 10.5. The van der Waals surface area contributed by atoms with Crippen molar-refractivity contribution in [3.8, 4) is 5.75 Å². The molecule has 7 nitrogen and oxygen atoms in total. The normalized spacial score (nSPS) is 25.2. The standard InChI is InChI=1S/C28H42N4O3/c1-22(2)32-20-25-8-3-4-10-26(25)35-17-7-9-24-19-31(28(34)21-32)15-11-23(24)18-27(33)29-12-16-30-13-5-6-14-30/h3-4,7-10,22-24H,5-6,11-21H2,1-2H3,(H,29,33)/b9-7+/t23-,24-/m0/s1. The van der Waals surface area contributed by atoms with Crippen LogP contribution in [-0.4, -0.2) is 85.0 Å². The number of likely N-dealkylation sites (tertiary alicyclic amines) is 1. The van der Waals surface area contributed by atoms with E-state index < -0.39 is 0 Å². The molecule has 2 fully saturated rings. The van der Waals surface area contributed by atoms with Gasteiger partial charge in [-0.3, -0.25) is 14.5 Å². The molecule has 0 saturated carbocycles. The predicted octanol–water partition coefficient (Wildman–Crippen LogP) is 2.91. The van der Waals surface area contributed by atoms with Gasteiger partial charge < -0.3 is 19.9 Å². The van der Waals surface area contributed by atoms with Gasteiger partial charge in [-0.05, 0) is 64.1 Å². The molecule has 1 N–H and O–H groups in total. The number of hydrogen-bond acceptors (Lipinski definition) is 5. The van der Waals surface area contributed by atoms with Gasteiger partial charge in [0.1, 0.15) is 12.4 Å². The lowest BCUT2D eigenvalue weighted by Crippen LogP contribution is -2.48. The summed E-state index contributed by atoms with van der Waals surface area (Å²) in [5.41, 5.74) is 1.10. The highest BCUT2D eigenvalue weighted by molar-refractivity contribution is 5.79. The Bertz CT molecular complexity index is 881. The molecule has 0 aliphatic carbocycles.